The van der Waals surface area contributed by atoms with Crippen LogP contribution in [0.1, 0.15) is 0 Å². The largest absolute Gasteiger partial charge is 1.00 e. The topological polar surface area (TPSA) is 92.7 Å². The Balaban J connectivity index is 0.00000312. The van der Waals surface area contributed by atoms with Crippen LogP contribution < -0.4 is 44.1 Å². The zero-order valence-electron chi connectivity index (χ0n) is 13.3. The number of aliphatic carboxylic acids is 1. The van der Waals surface area contributed by atoms with Crippen molar-refractivity contribution in [3.63, 3.8) is 0 Å². The first-order valence-electron chi connectivity index (χ1n) is 6.46. The number of hydrogen-bond donors (Lipinski definition) is 0. The SMILES string of the molecule is CS(=O)(=O)c1ccc(Oc2cc(Cl)ccc2OCC(=O)[O-])c(Cl)c1.[Na+]. The third kappa shape index (κ3) is 6.36. The number of benzene rings is 2. The van der Waals surface area contributed by atoms with E-state index in [1.54, 1.807) is 0 Å². The zero-order chi connectivity index (χ0) is 17.9. The molecule has 0 spiro atoms. The van der Waals surface area contributed by atoms with Gasteiger partial charge in [-0.15, -0.1) is 0 Å². The molecule has 25 heavy (non-hydrogen) atoms. The first kappa shape index (κ1) is 22.1. The molecule has 10 heteroatoms. The van der Waals surface area contributed by atoms with E-state index < -0.39 is 22.4 Å². The Bertz CT molecular complexity index is 886. The zero-order valence-corrected chi connectivity index (χ0v) is 17.6. The van der Waals surface area contributed by atoms with Gasteiger partial charge in [-0.25, -0.2) is 8.42 Å². The van der Waals surface area contributed by atoms with Crippen molar-refractivity contribution >= 4 is 39.0 Å². The molecule has 0 saturated heterocycles. The number of carbonyl (C=O) groups excluding carboxylic acids is 1. The van der Waals surface area contributed by atoms with Crippen molar-refractivity contribution in [2.24, 2.45) is 0 Å². The normalized spacial score (nSPS) is 10.7. The number of sulfone groups is 1. The summed E-state index contributed by atoms with van der Waals surface area (Å²) in [5.41, 5.74) is 0. The molecular weight excluding hydrogens is 402 g/mol. The van der Waals surface area contributed by atoms with E-state index in [2.05, 4.69) is 0 Å². The van der Waals surface area contributed by atoms with E-state index in [0.717, 1.165) is 6.26 Å². The maximum Gasteiger partial charge on any atom is 1.00 e. The van der Waals surface area contributed by atoms with Gasteiger partial charge < -0.3 is 19.4 Å². The predicted octanol–water partition coefficient (Wildman–Crippen LogP) is -0.678. The van der Waals surface area contributed by atoms with Gasteiger partial charge in [0.15, 0.2) is 21.3 Å². The molecule has 0 fully saturated rings. The minimum absolute atomic E-state index is 0. The summed E-state index contributed by atoms with van der Waals surface area (Å²) < 4.78 is 33.6. The summed E-state index contributed by atoms with van der Waals surface area (Å²) in [6.45, 7) is -0.668. The Hall–Kier alpha value is -0.960. The summed E-state index contributed by atoms with van der Waals surface area (Å²) in [5, 5.41) is 10.9. The van der Waals surface area contributed by atoms with Gasteiger partial charge in [0.1, 0.15) is 12.4 Å². The third-order valence-corrected chi connectivity index (χ3v) is 4.44. The van der Waals surface area contributed by atoms with Crippen LogP contribution in [-0.4, -0.2) is 27.2 Å². The Kier molecular flexibility index (Phi) is 8.05. The fourth-order valence-electron chi connectivity index (χ4n) is 1.73. The van der Waals surface area contributed by atoms with Gasteiger partial charge in [-0.2, -0.15) is 0 Å². The van der Waals surface area contributed by atoms with E-state index in [9.17, 15) is 18.3 Å². The van der Waals surface area contributed by atoms with Crippen LogP contribution in [0.25, 0.3) is 0 Å². The van der Waals surface area contributed by atoms with Crippen LogP contribution in [-0.2, 0) is 14.6 Å². The molecule has 0 aliphatic rings. The Morgan fingerprint density at radius 3 is 2.28 bits per heavy atom. The van der Waals surface area contributed by atoms with Crippen molar-refractivity contribution in [1.82, 2.24) is 0 Å². The molecule has 0 bridgehead atoms. The van der Waals surface area contributed by atoms with E-state index in [0.29, 0.717) is 5.02 Å². The van der Waals surface area contributed by atoms with Gasteiger partial charge in [0, 0.05) is 17.3 Å². The number of carbonyl (C=O) groups is 1. The average molecular weight is 413 g/mol. The monoisotopic (exact) mass is 412 g/mol. The molecule has 0 aliphatic heterocycles. The molecule has 0 radical (unpaired) electrons. The molecule has 2 aromatic carbocycles. The molecule has 0 aliphatic carbocycles. The van der Waals surface area contributed by atoms with E-state index in [-0.39, 0.29) is 56.7 Å². The van der Waals surface area contributed by atoms with Crippen LogP contribution in [0.2, 0.25) is 10.0 Å². The molecule has 2 rings (SSSR count). The van der Waals surface area contributed by atoms with Gasteiger partial charge >= 0.3 is 29.6 Å². The molecule has 6 nitrogen and oxygen atoms in total. The molecule has 0 unspecified atom stereocenters. The van der Waals surface area contributed by atoms with E-state index in [4.69, 9.17) is 32.7 Å². The third-order valence-electron chi connectivity index (χ3n) is 2.80. The van der Waals surface area contributed by atoms with Crippen molar-refractivity contribution < 1.29 is 57.3 Å². The van der Waals surface area contributed by atoms with Gasteiger partial charge in [0.25, 0.3) is 0 Å². The van der Waals surface area contributed by atoms with Crippen LogP contribution in [0.5, 0.6) is 17.2 Å². The Labute approximate surface area is 176 Å². The molecule has 0 amide bonds. The molecule has 0 aromatic heterocycles. The van der Waals surface area contributed by atoms with Gasteiger partial charge in [-0.3, -0.25) is 0 Å². The van der Waals surface area contributed by atoms with Crippen molar-refractivity contribution in [3.8, 4) is 17.2 Å². The minimum Gasteiger partial charge on any atom is -0.546 e. The summed E-state index contributed by atoms with van der Waals surface area (Å²) in [6, 6.07) is 8.29. The number of halogens is 2. The van der Waals surface area contributed by atoms with Gasteiger partial charge in [-0.1, -0.05) is 23.2 Å². The van der Waals surface area contributed by atoms with Crippen molar-refractivity contribution in [2.75, 3.05) is 12.9 Å². The van der Waals surface area contributed by atoms with Crippen LogP contribution in [0.3, 0.4) is 0 Å². The van der Waals surface area contributed by atoms with Crippen molar-refractivity contribution in [3.05, 3.63) is 46.4 Å². The second-order valence-electron chi connectivity index (χ2n) is 4.72. The van der Waals surface area contributed by atoms with Crippen LogP contribution >= 0.6 is 23.2 Å². The second-order valence-corrected chi connectivity index (χ2v) is 7.58. The maximum atomic E-state index is 11.5. The summed E-state index contributed by atoms with van der Waals surface area (Å²) in [6.07, 6.45) is 1.06. The fourth-order valence-corrected chi connectivity index (χ4v) is 2.82. The second kappa shape index (κ2) is 9.12. The summed E-state index contributed by atoms with van der Waals surface area (Å²) >= 11 is 11.9. The Morgan fingerprint density at radius 2 is 1.72 bits per heavy atom. The standard InChI is InChI=1S/C15H12Cl2O6S.Na/c1-24(20,21)10-3-5-12(11(17)7-10)23-14-6-9(16)2-4-13(14)22-8-15(18)19;/h2-7H,8H2,1H3,(H,18,19);/q;+1/p-1. The molecule has 0 saturated carbocycles. The summed E-state index contributed by atoms with van der Waals surface area (Å²) in [7, 11) is -3.41. The molecule has 0 N–H and O–H groups in total. The van der Waals surface area contributed by atoms with Crippen LogP contribution in [0.4, 0.5) is 0 Å². The molecule has 0 atom stereocenters. The summed E-state index contributed by atoms with van der Waals surface area (Å²) in [5.74, 6) is -0.999. The number of hydrogen-bond acceptors (Lipinski definition) is 6. The number of carboxylic acid groups (broad SMARTS) is 1. The first-order valence-corrected chi connectivity index (χ1v) is 9.11. The molecular formula is C15H11Cl2NaO6S. The smallest absolute Gasteiger partial charge is 0.546 e. The van der Waals surface area contributed by atoms with Crippen molar-refractivity contribution in [1.29, 1.82) is 0 Å². The predicted molar refractivity (Wildman–Crippen MR) is 86.6 cm³/mol. The van der Waals surface area contributed by atoms with Gasteiger partial charge in [-0.05, 0) is 30.3 Å². The van der Waals surface area contributed by atoms with E-state index in [1.165, 1.54) is 36.4 Å². The van der Waals surface area contributed by atoms with Gasteiger partial charge in [0.2, 0.25) is 0 Å². The molecule has 0 heterocycles. The Morgan fingerprint density at radius 1 is 1.08 bits per heavy atom. The summed E-state index contributed by atoms with van der Waals surface area (Å²) in [4.78, 5) is 10.6. The first-order chi connectivity index (χ1) is 11.2. The number of rotatable bonds is 6. The fraction of sp³-hybridized carbons (Fsp3) is 0.133. The van der Waals surface area contributed by atoms with Crippen molar-refractivity contribution in [2.45, 2.75) is 4.90 Å². The quantitative estimate of drug-likeness (QED) is 0.583. The van der Waals surface area contributed by atoms with Gasteiger partial charge in [0.05, 0.1) is 15.9 Å². The molecule has 2 aromatic rings. The van der Waals surface area contributed by atoms with Crippen LogP contribution in [0.15, 0.2) is 41.3 Å². The minimum atomic E-state index is -3.41. The average Bonchev–Trinajstić information content (AvgIpc) is 2.47. The number of carboxylic acids is 1. The van der Waals surface area contributed by atoms with Crippen LogP contribution in [0, 0.1) is 0 Å². The number of ether oxygens (including phenoxy) is 2. The van der Waals surface area contributed by atoms with E-state index >= 15 is 0 Å². The van der Waals surface area contributed by atoms with E-state index in [1.807, 2.05) is 0 Å². The molecule has 128 valence electrons. The maximum absolute atomic E-state index is 11.5.